The standard InChI is InChI=1S/C43H49ClF2N8O6S/c1-49(2)22-31-32(44)18-25(19-34(31)60-4)30-23-50(3)41(58)29-20-35(61-38(29)30)40(57)47-36-9-10-52(24-43(36,45)46)12-11-51-13-15-53(16-14-51)27-5-6-28-26(17-27)21-54(42(28)59)33-7-8-37(55)48-39(33)56/h5-6,17-20,23,33,36H,7-16,21-22,24H2,1-4H3,(H,47,57)(H,48,55,56). The third-order valence-electron chi connectivity index (χ3n) is 12.2. The largest absolute Gasteiger partial charge is 0.496 e. The Hall–Kier alpha value is -4.94. The Morgan fingerprint density at radius 1 is 1.00 bits per heavy atom. The Labute approximate surface area is 360 Å². The summed E-state index contributed by atoms with van der Waals surface area (Å²) in [5, 5.41) is 5.73. The molecule has 18 heteroatoms. The topological polar surface area (TPSA) is 140 Å². The van der Waals surface area contributed by atoms with Crippen molar-refractivity contribution < 1.29 is 32.7 Å². The first-order valence-electron chi connectivity index (χ1n) is 20.4. The molecule has 61 heavy (non-hydrogen) atoms. The van der Waals surface area contributed by atoms with Crippen molar-refractivity contribution in [3.8, 4) is 16.9 Å². The molecule has 3 saturated heterocycles. The van der Waals surface area contributed by atoms with Crippen LogP contribution in [-0.2, 0) is 29.7 Å². The molecule has 2 atom stereocenters. The number of aromatic nitrogens is 1. The fourth-order valence-corrected chi connectivity index (χ4v) is 10.2. The molecule has 2 unspecified atom stereocenters. The lowest BCUT2D eigenvalue weighted by molar-refractivity contribution is -0.136. The van der Waals surface area contributed by atoms with E-state index in [1.54, 1.807) is 42.3 Å². The number of pyridine rings is 1. The minimum Gasteiger partial charge on any atom is -0.496 e. The second-order valence-electron chi connectivity index (χ2n) is 16.6. The van der Waals surface area contributed by atoms with Gasteiger partial charge in [-0.2, -0.15) is 0 Å². The van der Waals surface area contributed by atoms with Crippen LogP contribution < -0.4 is 25.8 Å². The van der Waals surface area contributed by atoms with Crippen LogP contribution in [0.15, 0.2) is 47.4 Å². The van der Waals surface area contributed by atoms with Crippen molar-refractivity contribution >= 4 is 62.3 Å². The minimum absolute atomic E-state index is 0.0732. The lowest BCUT2D eigenvalue weighted by atomic mass is 10.0. The molecule has 6 heterocycles. The maximum atomic E-state index is 15.7. The van der Waals surface area contributed by atoms with Gasteiger partial charge in [0.25, 0.3) is 23.3 Å². The number of benzene rings is 2. The molecule has 0 aliphatic carbocycles. The lowest BCUT2D eigenvalue weighted by Gasteiger charge is -2.40. The zero-order valence-electron chi connectivity index (χ0n) is 34.6. The molecule has 4 aliphatic rings. The van der Waals surface area contributed by atoms with E-state index in [9.17, 15) is 24.0 Å². The van der Waals surface area contributed by atoms with Crippen molar-refractivity contribution in [3.63, 3.8) is 0 Å². The Morgan fingerprint density at radius 3 is 2.46 bits per heavy atom. The molecule has 4 amide bonds. The molecule has 3 fully saturated rings. The number of ether oxygens (including phenoxy) is 1. The first-order chi connectivity index (χ1) is 29.1. The number of thiophene rings is 1. The van der Waals surface area contributed by atoms with Gasteiger partial charge in [0, 0.05) is 111 Å². The van der Waals surface area contributed by atoms with Crippen LogP contribution in [-0.4, -0.2) is 139 Å². The van der Waals surface area contributed by atoms with Gasteiger partial charge < -0.3 is 29.3 Å². The van der Waals surface area contributed by atoms with E-state index in [1.165, 1.54) is 10.6 Å². The molecule has 2 N–H and O–H groups in total. The Morgan fingerprint density at radius 2 is 1.75 bits per heavy atom. The molecule has 14 nitrogen and oxygen atoms in total. The van der Waals surface area contributed by atoms with Gasteiger partial charge >= 0.3 is 0 Å². The van der Waals surface area contributed by atoms with E-state index in [4.69, 9.17) is 16.3 Å². The van der Waals surface area contributed by atoms with E-state index in [2.05, 4.69) is 20.4 Å². The Kier molecular flexibility index (Phi) is 12.0. The van der Waals surface area contributed by atoms with Crippen molar-refractivity contribution in [1.29, 1.82) is 0 Å². The van der Waals surface area contributed by atoms with Gasteiger partial charge in [-0.25, -0.2) is 8.78 Å². The van der Waals surface area contributed by atoms with E-state index in [0.29, 0.717) is 76.7 Å². The number of nitrogens with one attached hydrogen (secondary N) is 2. The Bertz CT molecular complexity index is 2470. The number of nitrogens with zero attached hydrogens (tertiary/aromatic N) is 6. The number of amides is 4. The quantitative estimate of drug-likeness (QED) is 0.213. The average Bonchev–Trinajstić information content (AvgIpc) is 3.82. The summed E-state index contributed by atoms with van der Waals surface area (Å²) in [7, 11) is 7.04. The summed E-state index contributed by atoms with van der Waals surface area (Å²) in [6, 6.07) is 8.83. The molecule has 0 saturated carbocycles. The first kappa shape index (κ1) is 42.7. The highest BCUT2D eigenvalue weighted by molar-refractivity contribution is 7.21. The van der Waals surface area contributed by atoms with E-state index in [0.717, 1.165) is 54.3 Å². The first-order valence-corrected chi connectivity index (χ1v) is 21.6. The van der Waals surface area contributed by atoms with Gasteiger partial charge in [-0.15, -0.1) is 11.3 Å². The molecule has 0 radical (unpaired) electrons. The van der Waals surface area contributed by atoms with Crippen molar-refractivity contribution in [2.24, 2.45) is 7.05 Å². The number of hydrogen-bond acceptors (Lipinski definition) is 11. The van der Waals surface area contributed by atoms with E-state index >= 15 is 8.78 Å². The monoisotopic (exact) mass is 878 g/mol. The number of hydrogen-bond donors (Lipinski definition) is 2. The number of methoxy groups -OCH3 is 1. The zero-order valence-corrected chi connectivity index (χ0v) is 36.1. The normalized spacial score (nSPS) is 21.0. The van der Waals surface area contributed by atoms with Gasteiger partial charge in [0.15, 0.2) is 0 Å². The smallest absolute Gasteiger partial charge is 0.280 e. The fraction of sp³-hybridized carbons (Fsp3) is 0.465. The number of fused-ring (bicyclic) bond motifs is 2. The van der Waals surface area contributed by atoms with Gasteiger partial charge in [-0.1, -0.05) is 11.6 Å². The van der Waals surface area contributed by atoms with E-state index in [-0.39, 0.29) is 35.1 Å². The van der Waals surface area contributed by atoms with Crippen LogP contribution in [0.2, 0.25) is 5.02 Å². The molecule has 4 aromatic rings. The average molecular weight is 879 g/mol. The number of likely N-dealkylation sites (tertiary alicyclic amines) is 1. The number of halogens is 3. The number of carbonyl (C=O) groups is 4. The second kappa shape index (κ2) is 17.1. The molecule has 8 rings (SSSR count). The molecule has 0 bridgehead atoms. The van der Waals surface area contributed by atoms with Crippen molar-refractivity contribution in [1.82, 2.24) is 34.8 Å². The van der Waals surface area contributed by atoms with Gasteiger partial charge in [0.2, 0.25) is 11.8 Å². The van der Waals surface area contributed by atoms with Crippen LogP contribution in [0.1, 0.15) is 50.4 Å². The van der Waals surface area contributed by atoms with Crippen LogP contribution in [0.25, 0.3) is 21.2 Å². The predicted molar refractivity (Wildman–Crippen MR) is 230 cm³/mol. The summed E-state index contributed by atoms with van der Waals surface area (Å²) >= 11 is 7.81. The number of piperazine rings is 1. The SMILES string of the molecule is COc1cc(-c2cn(C)c(=O)c3cc(C(=O)NC4CCN(CCN5CCN(c6ccc7c(c6)CN(C6CCC(=O)NC6=O)C7=O)CC5)CC4(F)F)sc23)cc(Cl)c1CN(C)C. The van der Waals surface area contributed by atoms with Gasteiger partial charge in [0.05, 0.1) is 30.0 Å². The number of piperidine rings is 2. The number of anilines is 1. The summed E-state index contributed by atoms with van der Waals surface area (Å²) in [4.78, 5) is 73.9. The molecule has 2 aromatic carbocycles. The summed E-state index contributed by atoms with van der Waals surface area (Å²) in [6.45, 7) is 4.79. The van der Waals surface area contributed by atoms with Crippen LogP contribution in [0.3, 0.4) is 0 Å². The Balaban J connectivity index is 0.852. The van der Waals surface area contributed by atoms with Crippen molar-refractivity contribution in [3.05, 3.63) is 79.5 Å². The predicted octanol–water partition coefficient (Wildman–Crippen LogP) is 4.01. The highest BCUT2D eigenvalue weighted by Crippen LogP contribution is 2.39. The summed E-state index contributed by atoms with van der Waals surface area (Å²) in [5.74, 6) is -4.20. The van der Waals surface area contributed by atoms with Crippen molar-refractivity contribution in [2.75, 3.05) is 78.5 Å². The third kappa shape index (κ3) is 8.63. The highest BCUT2D eigenvalue weighted by Gasteiger charge is 2.46. The summed E-state index contributed by atoms with van der Waals surface area (Å²) in [5.41, 5.74) is 4.26. The van der Waals surface area contributed by atoms with E-state index < -0.39 is 36.4 Å². The number of carbonyl (C=O) groups excluding carboxylic acids is 4. The summed E-state index contributed by atoms with van der Waals surface area (Å²) in [6.07, 6.45) is 2.27. The maximum absolute atomic E-state index is 15.7. The number of imide groups is 1. The summed E-state index contributed by atoms with van der Waals surface area (Å²) < 4.78 is 39.1. The zero-order chi connectivity index (χ0) is 43.3. The fourth-order valence-electron chi connectivity index (χ4n) is 8.87. The van der Waals surface area contributed by atoms with Gasteiger partial charge in [-0.3, -0.25) is 39.1 Å². The highest BCUT2D eigenvalue weighted by atomic mass is 35.5. The van der Waals surface area contributed by atoms with Gasteiger partial charge in [0.1, 0.15) is 11.8 Å². The molecule has 2 aromatic heterocycles. The van der Waals surface area contributed by atoms with E-state index in [1.807, 2.05) is 37.2 Å². The van der Waals surface area contributed by atoms with Crippen LogP contribution in [0.5, 0.6) is 5.75 Å². The maximum Gasteiger partial charge on any atom is 0.280 e. The molecule has 324 valence electrons. The van der Waals surface area contributed by atoms with Crippen LogP contribution >= 0.6 is 22.9 Å². The number of rotatable bonds is 11. The minimum atomic E-state index is -3.17. The lowest BCUT2D eigenvalue weighted by Crippen LogP contribution is -2.59. The second-order valence-corrected chi connectivity index (χ2v) is 18.1. The molecular weight excluding hydrogens is 830 g/mol. The van der Waals surface area contributed by atoms with Crippen molar-refractivity contribution in [2.45, 2.75) is 50.4 Å². The van der Waals surface area contributed by atoms with Crippen LogP contribution in [0.4, 0.5) is 14.5 Å². The molecular formula is C43H49ClF2N8O6S. The number of alkyl halides is 2. The molecule has 4 aliphatic heterocycles. The van der Waals surface area contributed by atoms with Gasteiger partial charge in [-0.05, 0) is 74.5 Å². The number of aryl methyl sites for hydroxylation is 1. The van der Waals surface area contributed by atoms with Crippen LogP contribution in [0, 0.1) is 0 Å². The molecule has 0 spiro atoms. The third-order valence-corrected chi connectivity index (χ3v) is 13.7.